The fourth-order valence-corrected chi connectivity index (χ4v) is 9.63. The number of benzene rings is 4. The molecule has 2 aliphatic heterocycles. The van der Waals surface area contributed by atoms with Crippen LogP contribution in [0.3, 0.4) is 0 Å². The summed E-state index contributed by atoms with van der Waals surface area (Å²) in [7, 11) is -1.62. The van der Waals surface area contributed by atoms with Crippen molar-refractivity contribution in [1.29, 1.82) is 0 Å². The van der Waals surface area contributed by atoms with E-state index in [0.717, 1.165) is 18.8 Å². The summed E-state index contributed by atoms with van der Waals surface area (Å²) in [5, 5.41) is 3.98. The fourth-order valence-electron chi connectivity index (χ4n) is 4.93. The van der Waals surface area contributed by atoms with E-state index in [2.05, 4.69) is 125 Å². The lowest BCUT2D eigenvalue weighted by molar-refractivity contribution is 0.433. The number of hydrogen-bond acceptors (Lipinski definition) is 3. The minimum Gasteiger partial charge on any atom is -0.440 e. The van der Waals surface area contributed by atoms with Gasteiger partial charge in [-0.05, 0) is 49.6 Å². The molecule has 34 heavy (non-hydrogen) atoms. The molecule has 2 heterocycles. The topological polar surface area (TPSA) is 15.7 Å². The van der Waals surface area contributed by atoms with Crippen LogP contribution >= 0.6 is 16.4 Å². The molecule has 2 fully saturated rings. The van der Waals surface area contributed by atoms with Gasteiger partial charge in [0.1, 0.15) is 5.75 Å². The molecule has 0 bridgehead atoms. The third-order valence-corrected chi connectivity index (χ3v) is 11.1. The van der Waals surface area contributed by atoms with E-state index in [9.17, 15) is 0 Å². The van der Waals surface area contributed by atoms with Gasteiger partial charge in [-0.3, -0.25) is 0 Å². The summed E-state index contributed by atoms with van der Waals surface area (Å²) in [5.74, 6) is 1.01. The summed E-state index contributed by atoms with van der Waals surface area (Å²) in [6.07, 6.45) is 2.52. The second kappa shape index (κ2) is 9.88. The first-order valence-electron chi connectivity index (χ1n) is 11.9. The van der Waals surface area contributed by atoms with Gasteiger partial charge in [0, 0.05) is 30.1 Å². The zero-order chi connectivity index (χ0) is 22.7. The van der Waals surface area contributed by atoms with Crippen molar-refractivity contribution in [2.24, 2.45) is 0 Å². The lowest BCUT2D eigenvalue weighted by atomic mass is 10.2. The van der Waals surface area contributed by atoms with Crippen LogP contribution in [0.2, 0.25) is 0 Å². The first kappa shape index (κ1) is 21.8. The smallest absolute Gasteiger partial charge is 0.279 e. The lowest BCUT2D eigenvalue weighted by Crippen LogP contribution is -2.24. The van der Waals surface area contributed by atoms with Gasteiger partial charge < -0.3 is 9.19 Å². The van der Waals surface area contributed by atoms with E-state index in [1.54, 1.807) is 0 Å². The molecular weight excluding hydrogens is 454 g/mol. The Labute approximate surface area is 204 Å². The maximum absolute atomic E-state index is 7.04. The maximum atomic E-state index is 7.04. The van der Waals surface area contributed by atoms with E-state index in [1.807, 2.05) is 0 Å². The molecule has 0 amide bonds. The molecule has 4 aromatic rings. The molecule has 6 rings (SSSR count). The predicted molar refractivity (Wildman–Crippen MR) is 146 cm³/mol. The van der Waals surface area contributed by atoms with Gasteiger partial charge in [-0.2, -0.15) is 0 Å². The summed E-state index contributed by atoms with van der Waals surface area (Å²) in [6.45, 7) is 2.16. The molecule has 0 aromatic heterocycles. The van der Waals surface area contributed by atoms with Crippen molar-refractivity contribution in [1.82, 2.24) is 4.67 Å². The monoisotopic (exact) mass is 482 g/mol. The van der Waals surface area contributed by atoms with Crippen molar-refractivity contribution in [3.63, 3.8) is 0 Å². The van der Waals surface area contributed by atoms with Crippen molar-refractivity contribution < 1.29 is 4.52 Å². The summed E-state index contributed by atoms with van der Waals surface area (Å²) in [5.41, 5.74) is 1.26. The molecule has 0 radical (unpaired) electrons. The second-order valence-electron chi connectivity index (χ2n) is 8.70. The van der Waals surface area contributed by atoms with Crippen LogP contribution < -0.4 is 25.1 Å². The molecule has 1 unspecified atom stereocenters. The van der Waals surface area contributed by atoms with Crippen molar-refractivity contribution in [3.8, 4) is 5.75 Å². The minimum atomic E-state index is -0.903. The highest BCUT2D eigenvalue weighted by Gasteiger charge is 2.45. The molecule has 4 aromatic carbocycles. The van der Waals surface area contributed by atoms with Crippen LogP contribution in [0.4, 0.5) is 5.69 Å². The van der Waals surface area contributed by atoms with Gasteiger partial charge in [0.05, 0.1) is 0 Å². The van der Waals surface area contributed by atoms with Crippen molar-refractivity contribution in [2.75, 3.05) is 17.8 Å². The van der Waals surface area contributed by atoms with Crippen LogP contribution in [0.15, 0.2) is 115 Å². The molecule has 0 saturated carbocycles. The summed E-state index contributed by atoms with van der Waals surface area (Å²) in [4.78, 5) is 0. The second-order valence-corrected chi connectivity index (χ2v) is 12.6. The number of hydrogen-bond donors (Lipinski definition) is 0. The molecule has 170 valence electrons. The van der Waals surface area contributed by atoms with Crippen LogP contribution in [0.1, 0.15) is 12.8 Å². The molecule has 5 heteroatoms. The van der Waals surface area contributed by atoms with E-state index in [1.165, 1.54) is 34.4 Å². The number of para-hydroxylation sites is 2. The van der Waals surface area contributed by atoms with Crippen LogP contribution in [0.25, 0.3) is 0 Å². The molecule has 2 saturated heterocycles. The maximum Gasteiger partial charge on any atom is 0.279 e. The quantitative estimate of drug-likeness (QED) is 0.312. The molecule has 0 aliphatic carbocycles. The largest absolute Gasteiger partial charge is 0.440 e. The molecule has 2 atom stereocenters. The van der Waals surface area contributed by atoms with Crippen LogP contribution in [0, 0.1) is 0 Å². The van der Waals surface area contributed by atoms with Gasteiger partial charge in [-0.25, -0.2) is 4.67 Å². The van der Waals surface area contributed by atoms with E-state index < -0.39 is 16.4 Å². The van der Waals surface area contributed by atoms with Gasteiger partial charge in [0.15, 0.2) is 0 Å². The summed E-state index contributed by atoms with van der Waals surface area (Å²) in [6, 6.07) is 41.8. The first-order valence-corrected chi connectivity index (χ1v) is 14.5. The standard InChI is InChI=1S/C29H28N2OP2/c1-4-13-24(14-5-1)31-23-25-15-12-22-30(25)34(31)32-28-20-10-11-21-29(28)33(26-16-6-2-7-17-26)27-18-8-3-9-19-27/h1-11,13-14,16-21,25H,12,15,22-23H2/t25-,34?/m0/s1. The Hall–Kier alpha value is -2.70. The van der Waals surface area contributed by atoms with Crippen molar-refractivity contribution >= 4 is 38.0 Å². The number of rotatable bonds is 6. The highest BCUT2D eigenvalue weighted by molar-refractivity contribution is 7.80. The zero-order valence-electron chi connectivity index (χ0n) is 19.1. The fraction of sp³-hybridized carbons (Fsp3) is 0.172. The highest BCUT2D eigenvalue weighted by Crippen LogP contribution is 2.57. The Balaban J connectivity index is 1.41. The number of nitrogens with zero attached hydrogens (tertiary/aromatic N) is 2. The Morgan fingerprint density at radius 2 is 1.29 bits per heavy atom. The zero-order valence-corrected chi connectivity index (χ0v) is 20.9. The van der Waals surface area contributed by atoms with E-state index in [0.29, 0.717) is 6.04 Å². The molecular formula is C29H28N2OP2. The third-order valence-electron chi connectivity index (χ3n) is 6.53. The van der Waals surface area contributed by atoms with Crippen LogP contribution in [-0.4, -0.2) is 23.8 Å². The summed E-state index contributed by atoms with van der Waals surface area (Å²) < 4.78 is 12.2. The number of fused-ring (bicyclic) bond motifs is 1. The highest BCUT2D eigenvalue weighted by atomic mass is 31.2. The third kappa shape index (κ3) is 4.25. The van der Waals surface area contributed by atoms with Crippen LogP contribution in [0.5, 0.6) is 5.75 Å². The Kier molecular flexibility index (Phi) is 6.34. The van der Waals surface area contributed by atoms with Gasteiger partial charge in [-0.1, -0.05) is 97.1 Å². The van der Waals surface area contributed by atoms with Gasteiger partial charge in [0.2, 0.25) is 0 Å². The van der Waals surface area contributed by atoms with Gasteiger partial charge >= 0.3 is 0 Å². The molecule has 0 N–H and O–H groups in total. The molecule has 0 spiro atoms. The molecule has 3 nitrogen and oxygen atoms in total. The van der Waals surface area contributed by atoms with Gasteiger partial charge in [-0.15, -0.1) is 0 Å². The van der Waals surface area contributed by atoms with E-state index in [-0.39, 0.29) is 0 Å². The average Bonchev–Trinajstić information content (AvgIpc) is 3.50. The predicted octanol–water partition coefficient (Wildman–Crippen LogP) is 6.04. The summed E-state index contributed by atoms with van der Waals surface area (Å²) >= 11 is 0. The van der Waals surface area contributed by atoms with Crippen molar-refractivity contribution in [2.45, 2.75) is 18.9 Å². The lowest BCUT2D eigenvalue weighted by Gasteiger charge is -2.31. The van der Waals surface area contributed by atoms with E-state index in [4.69, 9.17) is 4.52 Å². The van der Waals surface area contributed by atoms with Crippen LogP contribution in [-0.2, 0) is 0 Å². The Morgan fingerprint density at radius 3 is 1.97 bits per heavy atom. The van der Waals surface area contributed by atoms with E-state index >= 15 is 0 Å². The Morgan fingerprint density at radius 1 is 0.706 bits per heavy atom. The van der Waals surface area contributed by atoms with Crippen molar-refractivity contribution in [3.05, 3.63) is 115 Å². The number of anilines is 1. The van der Waals surface area contributed by atoms with Gasteiger partial charge in [0.25, 0.3) is 8.45 Å². The minimum absolute atomic E-state index is 0.586. The molecule has 2 aliphatic rings. The Bertz CT molecular complexity index is 1180. The average molecular weight is 483 g/mol. The normalized spacial score (nSPS) is 20.0. The SMILES string of the molecule is c1ccc(N2C[C@@H]3CCCN3P2Oc2ccccc2P(c2ccccc2)c2ccccc2)cc1. The first-order chi connectivity index (χ1) is 16.9.